The Morgan fingerprint density at radius 1 is 1.20 bits per heavy atom. The van der Waals surface area contributed by atoms with Crippen molar-refractivity contribution in [2.24, 2.45) is 0 Å². The van der Waals surface area contributed by atoms with Gasteiger partial charge in [-0.05, 0) is 37.1 Å². The first kappa shape index (κ1) is 8.92. The van der Waals surface area contributed by atoms with E-state index < -0.39 is 0 Å². The molecule has 0 unspecified atom stereocenters. The first-order valence-electron chi connectivity index (χ1n) is 5.00. The van der Waals surface area contributed by atoms with Crippen LogP contribution in [0.1, 0.15) is 18.9 Å². The smallest absolute Gasteiger partial charge is 0.181 e. The van der Waals surface area contributed by atoms with Crippen molar-refractivity contribution < 1.29 is 0 Å². The van der Waals surface area contributed by atoms with Crippen molar-refractivity contribution in [2.45, 2.75) is 18.9 Å². The van der Waals surface area contributed by atoms with Crippen LogP contribution in [0.2, 0.25) is 5.02 Å². The third kappa shape index (κ3) is 1.75. The predicted molar refractivity (Wildman–Crippen MR) is 58.7 cm³/mol. The van der Waals surface area contributed by atoms with Crippen molar-refractivity contribution in [3.63, 3.8) is 0 Å². The molecule has 1 saturated carbocycles. The Morgan fingerprint density at radius 3 is 2.60 bits per heavy atom. The largest absolute Gasteiger partial charge is 0.249 e. The molecular formula is C11H10ClN3. The lowest BCUT2D eigenvalue weighted by Crippen LogP contribution is -1.93. The quantitative estimate of drug-likeness (QED) is 0.778. The molecule has 0 bridgehead atoms. The fourth-order valence-corrected chi connectivity index (χ4v) is 1.65. The minimum Gasteiger partial charge on any atom is -0.249 e. The summed E-state index contributed by atoms with van der Waals surface area (Å²) >= 11 is 5.82. The van der Waals surface area contributed by atoms with Crippen LogP contribution in [0.15, 0.2) is 30.6 Å². The summed E-state index contributed by atoms with van der Waals surface area (Å²) in [6.07, 6.45) is 4.26. The molecule has 0 aliphatic heterocycles. The van der Waals surface area contributed by atoms with E-state index in [1.807, 2.05) is 35.3 Å². The molecule has 1 aliphatic rings. The molecule has 3 nitrogen and oxygen atoms in total. The second-order valence-electron chi connectivity index (χ2n) is 3.79. The Balaban J connectivity index is 1.93. The fraction of sp³-hybridized carbons (Fsp3) is 0.273. The van der Waals surface area contributed by atoms with Crippen LogP contribution in [0, 0.1) is 0 Å². The number of hydrogen-bond acceptors (Lipinski definition) is 2. The molecule has 0 radical (unpaired) electrons. The molecule has 1 fully saturated rings. The minimum absolute atomic E-state index is 0.582. The maximum absolute atomic E-state index is 5.82. The molecule has 2 aromatic rings. The lowest BCUT2D eigenvalue weighted by atomic mass is 10.2. The van der Waals surface area contributed by atoms with Crippen molar-refractivity contribution in [3.05, 3.63) is 35.6 Å². The summed E-state index contributed by atoms with van der Waals surface area (Å²) in [7, 11) is 0. The molecule has 4 heteroatoms. The van der Waals surface area contributed by atoms with Gasteiger partial charge in [0.15, 0.2) is 5.82 Å². The SMILES string of the molecule is Clc1ccc(-c2ncn(C3CC3)n2)cc1. The molecule has 0 N–H and O–H groups in total. The number of hydrogen-bond donors (Lipinski definition) is 0. The lowest BCUT2D eigenvalue weighted by molar-refractivity contribution is 0.641. The normalized spacial score (nSPS) is 15.5. The molecule has 0 atom stereocenters. The summed E-state index contributed by atoms with van der Waals surface area (Å²) in [4.78, 5) is 4.29. The second kappa shape index (κ2) is 3.35. The topological polar surface area (TPSA) is 30.7 Å². The summed E-state index contributed by atoms with van der Waals surface area (Å²) in [6, 6.07) is 8.17. The zero-order valence-electron chi connectivity index (χ0n) is 8.10. The van der Waals surface area contributed by atoms with Crippen molar-refractivity contribution in [1.82, 2.24) is 14.8 Å². The van der Waals surface area contributed by atoms with E-state index in [9.17, 15) is 0 Å². The molecule has 3 rings (SSSR count). The van der Waals surface area contributed by atoms with Crippen LogP contribution in [-0.2, 0) is 0 Å². The maximum atomic E-state index is 5.82. The van der Waals surface area contributed by atoms with Gasteiger partial charge in [0.25, 0.3) is 0 Å². The number of nitrogens with zero attached hydrogens (tertiary/aromatic N) is 3. The van der Waals surface area contributed by atoms with Crippen LogP contribution in [-0.4, -0.2) is 14.8 Å². The fourth-order valence-electron chi connectivity index (χ4n) is 1.52. The van der Waals surface area contributed by atoms with Crippen LogP contribution in [0.3, 0.4) is 0 Å². The predicted octanol–water partition coefficient (Wildman–Crippen LogP) is 2.93. The van der Waals surface area contributed by atoms with Crippen LogP contribution in [0.4, 0.5) is 0 Å². The number of rotatable bonds is 2. The third-order valence-electron chi connectivity index (χ3n) is 2.53. The molecule has 76 valence electrons. The van der Waals surface area contributed by atoms with Gasteiger partial charge in [-0.3, -0.25) is 0 Å². The molecule has 0 amide bonds. The van der Waals surface area contributed by atoms with E-state index in [0.717, 1.165) is 16.4 Å². The zero-order chi connectivity index (χ0) is 10.3. The van der Waals surface area contributed by atoms with Gasteiger partial charge in [-0.25, -0.2) is 9.67 Å². The molecular weight excluding hydrogens is 210 g/mol. The van der Waals surface area contributed by atoms with Gasteiger partial charge in [-0.2, -0.15) is 5.10 Å². The molecule has 15 heavy (non-hydrogen) atoms. The minimum atomic E-state index is 0.582. The number of aromatic nitrogens is 3. The summed E-state index contributed by atoms with van der Waals surface area (Å²) in [5.41, 5.74) is 1.01. The monoisotopic (exact) mass is 219 g/mol. The highest BCUT2D eigenvalue weighted by molar-refractivity contribution is 6.30. The van der Waals surface area contributed by atoms with Crippen molar-refractivity contribution >= 4 is 11.6 Å². The Morgan fingerprint density at radius 2 is 1.93 bits per heavy atom. The van der Waals surface area contributed by atoms with Gasteiger partial charge in [0.05, 0.1) is 6.04 Å². The third-order valence-corrected chi connectivity index (χ3v) is 2.78. The summed E-state index contributed by atoms with van der Waals surface area (Å²) < 4.78 is 1.95. The second-order valence-corrected chi connectivity index (χ2v) is 4.22. The number of benzene rings is 1. The Kier molecular flexibility index (Phi) is 1.99. The van der Waals surface area contributed by atoms with Gasteiger partial charge in [0, 0.05) is 10.6 Å². The van der Waals surface area contributed by atoms with Crippen LogP contribution in [0.25, 0.3) is 11.4 Å². The molecule has 1 aliphatic carbocycles. The zero-order valence-corrected chi connectivity index (χ0v) is 8.85. The highest BCUT2D eigenvalue weighted by Crippen LogP contribution is 2.34. The maximum Gasteiger partial charge on any atom is 0.181 e. The highest BCUT2D eigenvalue weighted by Gasteiger charge is 2.24. The Hall–Kier alpha value is -1.35. The molecule has 1 heterocycles. The van der Waals surface area contributed by atoms with E-state index in [4.69, 9.17) is 11.6 Å². The molecule has 1 aromatic heterocycles. The average molecular weight is 220 g/mol. The molecule has 0 spiro atoms. The van der Waals surface area contributed by atoms with E-state index in [2.05, 4.69) is 10.1 Å². The van der Waals surface area contributed by atoms with E-state index in [-0.39, 0.29) is 0 Å². The van der Waals surface area contributed by atoms with Crippen molar-refractivity contribution in [1.29, 1.82) is 0 Å². The summed E-state index contributed by atoms with van der Waals surface area (Å²) in [5.74, 6) is 0.776. The van der Waals surface area contributed by atoms with Gasteiger partial charge in [0.1, 0.15) is 6.33 Å². The van der Waals surface area contributed by atoms with Gasteiger partial charge in [-0.1, -0.05) is 11.6 Å². The average Bonchev–Trinajstić information content (AvgIpc) is 2.99. The van der Waals surface area contributed by atoms with Crippen molar-refractivity contribution in [2.75, 3.05) is 0 Å². The van der Waals surface area contributed by atoms with Crippen LogP contribution >= 0.6 is 11.6 Å². The number of halogens is 1. The van der Waals surface area contributed by atoms with Gasteiger partial charge in [0.2, 0.25) is 0 Å². The Bertz CT molecular complexity index is 471. The molecule has 1 aromatic carbocycles. The van der Waals surface area contributed by atoms with Crippen LogP contribution in [0.5, 0.6) is 0 Å². The highest BCUT2D eigenvalue weighted by atomic mass is 35.5. The summed E-state index contributed by atoms with van der Waals surface area (Å²) in [6.45, 7) is 0. The molecule has 0 saturated heterocycles. The van der Waals surface area contributed by atoms with E-state index >= 15 is 0 Å². The Labute approximate surface area is 92.7 Å². The van der Waals surface area contributed by atoms with E-state index in [1.165, 1.54) is 12.8 Å². The first-order valence-corrected chi connectivity index (χ1v) is 5.38. The van der Waals surface area contributed by atoms with Gasteiger partial charge in [-0.15, -0.1) is 0 Å². The standard InChI is InChI=1S/C11H10ClN3/c12-9-3-1-8(2-4-9)11-13-7-15(14-11)10-5-6-10/h1-4,7,10H,5-6H2. The lowest BCUT2D eigenvalue weighted by Gasteiger charge is -1.95. The summed E-state index contributed by atoms with van der Waals surface area (Å²) in [5, 5.41) is 5.17. The van der Waals surface area contributed by atoms with Crippen LogP contribution < -0.4 is 0 Å². The van der Waals surface area contributed by atoms with E-state index in [1.54, 1.807) is 0 Å². The van der Waals surface area contributed by atoms with Crippen molar-refractivity contribution in [3.8, 4) is 11.4 Å². The first-order chi connectivity index (χ1) is 7.33. The van der Waals surface area contributed by atoms with E-state index in [0.29, 0.717) is 6.04 Å². The van der Waals surface area contributed by atoms with Gasteiger partial charge >= 0.3 is 0 Å². The van der Waals surface area contributed by atoms with Gasteiger partial charge < -0.3 is 0 Å².